The summed E-state index contributed by atoms with van der Waals surface area (Å²) in [5.41, 5.74) is -3.45. The van der Waals surface area contributed by atoms with Gasteiger partial charge in [-0.1, -0.05) is 0 Å². The van der Waals surface area contributed by atoms with Gasteiger partial charge in [-0.15, -0.1) is 0 Å². The van der Waals surface area contributed by atoms with E-state index in [4.69, 9.17) is 14.6 Å². The molecule has 3 aliphatic heterocycles. The van der Waals surface area contributed by atoms with Crippen LogP contribution in [0.3, 0.4) is 0 Å². The van der Waals surface area contributed by atoms with Gasteiger partial charge in [-0.05, 0) is 41.1 Å². The number of hydrogen-bond acceptors (Lipinski definition) is 5. The predicted molar refractivity (Wildman–Crippen MR) is 101 cm³/mol. The molecule has 3 saturated heterocycles. The van der Waals surface area contributed by atoms with Gasteiger partial charge in [0.25, 0.3) is 5.91 Å². The van der Waals surface area contributed by atoms with Crippen LogP contribution in [0, 0.1) is 5.92 Å². The van der Waals surface area contributed by atoms with Crippen molar-refractivity contribution in [1.29, 1.82) is 0 Å². The molecule has 0 aromatic carbocycles. The van der Waals surface area contributed by atoms with E-state index in [1.807, 2.05) is 16.8 Å². The highest BCUT2D eigenvalue weighted by Gasteiger charge is 2.70. The van der Waals surface area contributed by atoms with E-state index in [1.54, 1.807) is 16.2 Å². The quantitative estimate of drug-likeness (QED) is 0.686. The molecule has 1 amide bonds. The van der Waals surface area contributed by atoms with Crippen LogP contribution in [0.2, 0.25) is 0 Å². The minimum atomic E-state index is -5.08. The van der Waals surface area contributed by atoms with Gasteiger partial charge in [0, 0.05) is 39.4 Å². The SMILES string of the molecule is O=C(O)C(F)(F)F.O=C1N(CC2CCOCC2)C[C@@]2(F)CN(Cc3ccsc3)C[C@@]12F. The van der Waals surface area contributed by atoms with E-state index < -0.39 is 29.4 Å². The Labute approximate surface area is 179 Å². The molecule has 2 atom stereocenters. The Kier molecular flexibility index (Phi) is 6.92. The lowest BCUT2D eigenvalue weighted by molar-refractivity contribution is -0.192. The average Bonchev–Trinajstić information content (AvgIpc) is 3.32. The highest BCUT2D eigenvalue weighted by Crippen LogP contribution is 2.46. The van der Waals surface area contributed by atoms with Crippen molar-refractivity contribution in [1.82, 2.24) is 9.80 Å². The van der Waals surface area contributed by atoms with Gasteiger partial charge in [-0.25, -0.2) is 13.6 Å². The van der Waals surface area contributed by atoms with E-state index in [9.17, 15) is 18.0 Å². The van der Waals surface area contributed by atoms with Crippen molar-refractivity contribution in [3.63, 3.8) is 0 Å². The van der Waals surface area contributed by atoms with Crippen LogP contribution >= 0.6 is 11.3 Å². The zero-order chi connectivity index (χ0) is 22.9. The standard InChI is InChI=1S/C17H22F2N2O2S.C2HF3O2/c18-16-10-20(7-14-3-6-24-9-14)12-17(16,19)15(22)21(11-16)8-13-1-4-23-5-2-13;3-2(4,5)1(6)7/h3,6,9,13H,1-2,4-5,7-8,10-12H2;(H,6,7)/t16-,17+;/m0./s1. The van der Waals surface area contributed by atoms with Gasteiger partial charge in [0.05, 0.1) is 6.54 Å². The third-order valence-corrected chi connectivity index (χ3v) is 6.47. The molecular formula is C19H23F5N2O4S. The highest BCUT2D eigenvalue weighted by molar-refractivity contribution is 7.07. The van der Waals surface area contributed by atoms with Crippen LogP contribution in [0.4, 0.5) is 22.0 Å². The lowest BCUT2D eigenvalue weighted by atomic mass is 9.93. The molecule has 3 aliphatic rings. The summed E-state index contributed by atoms with van der Waals surface area (Å²) < 4.78 is 67.7. The summed E-state index contributed by atoms with van der Waals surface area (Å²) in [7, 11) is 0. The number of carbonyl (C=O) groups is 2. The number of carbonyl (C=O) groups excluding carboxylic acids is 1. The van der Waals surface area contributed by atoms with E-state index in [0.29, 0.717) is 26.3 Å². The predicted octanol–water partition coefficient (Wildman–Crippen LogP) is 2.88. The molecule has 1 aromatic heterocycles. The monoisotopic (exact) mass is 470 g/mol. The number of carboxylic acids is 1. The molecule has 0 radical (unpaired) electrons. The Morgan fingerprint density at radius 2 is 1.87 bits per heavy atom. The molecule has 31 heavy (non-hydrogen) atoms. The molecule has 0 bridgehead atoms. The Morgan fingerprint density at radius 3 is 2.39 bits per heavy atom. The number of thiophene rings is 1. The number of amides is 1. The minimum Gasteiger partial charge on any atom is -0.475 e. The first-order valence-corrected chi connectivity index (χ1v) is 10.7. The van der Waals surface area contributed by atoms with Gasteiger partial charge >= 0.3 is 12.1 Å². The maximum Gasteiger partial charge on any atom is 0.490 e. The molecule has 6 nitrogen and oxygen atoms in total. The molecule has 4 rings (SSSR count). The lowest BCUT2D eigenvalue weighted by Crippen LogP contribution is -2.47. The van der Waals surface area contributed by atoms with E-state index in [2.05, 4.69) is 0 Å². The van der Waals surface area contributed by atoms with Crippen molar-refractivity contribution in [2.24, 2.45) is 5.92 Å². The number of aliphatic carboxylic acids is 1. The van der Waals surface area contributed by atoms with Crippen molar-refractivity contribution in [2.45, 2.75) is 36.9 Å². The number of rotatable bonds is 4. The molecule has 174 valence electrons. The number of likely N-dealkylation sites (tertiary alicyclic amines) is 2. The van der Waals surface area contributed by atoms with E-state index in [1.165, 1.54) is 4.90 Å². The van der Waals surface area contributed by atoms with Crippen molar-refractivity contribution in [2.75, 3.05) is 39.4 Å². The molecule has 4 heterocycles. The third kappa shape index (κ3) is 5.17. The third-order valence-electron chi connectivity index (χ3n) is 5.74. The Morgan fingerprint density at radius 1 is 1.23 bits per heavy atom. The number of hydrogen-bond donors (Lipinski definition) is 1. The summed E-state index contributed by atoms with van der Waals surface area (Å²) in [5, 5.41) is 11.0. The first-order chi connectivity index (χ1) is 14.4. The summed E-state index contributed by atoms with van der Waals surface area (Å²) in [5.74, 6) is -3.13. The fourth-order valence-corrected chi connectivity index (χ4v) is 4.85. The lowest BCUT2D eigenvalue weighted by Gasteiger charge is -2.28. The molecule has 0 saturated carbocycles. The minimum absolute atomic E-state index is 0.0185. The molecule has 1 aromatic rings. The van der Waals surface area contributed by atoms with Gasteiger partial charge in [-0.3, -0.25) is 9.69 Å². The fraction of sp³-hybridized carbons (Fsp3) is 0.684. The van der Waals surface area contributed by atoms with Gasteiger partial charge in [-0.2, -0.15) is 24.5 Å². The summed E-state index contributed by atoms with van der Waals surface area (Å²) in [4.78, 5) is 24.6. The van der Waals surface area contributed by atoms with Crippen LogP contribution in [0.5, 0.6) is 0 Å². The van der Waals surface area contributed by atoms with Crippen molar-refractivity contribution >= 4 is 23.2 Å². The topological polar surface area (TPSA) is 70.1 Å². The molecule has 0 unspecified atom stereocenters. The van der Waals surface area contributed by atoms with Gasteiger partial charge in [0.15, 0.2) is 5.67 Å². The first-order valence-electron chi connectivity index (χ1n) is 9.73. The second kappa shape index (κ2) is 8.99. The van der Waals surface area contributed by atoms with Crippen LogP contribution in [0.25, 0.3) is 0 Å². The second-order valence-corrected chi connectivity index (χ2v) is 8.87. The number of halogens is 5. The number of fused-ring (bicyclic) bond motifs is 1. The molecule has 1 N–H and O–H groups in total. The zero-order valence-electron chi connectivity index (χ0n) is 16.5. The highest BCUT2D eigenvalue weighted by atomic mass is 32.1. The Bertz CT molecular complexity index is 787. The van der Waals surface area contributed by atoms with Crippen LogP contribution in [0.15, 0.2) is 16.8 Å². The molecular weight excluding hydrogens is 447 g/mol. The zero-order valence-corrected chi connectivity index (χ0v) is 17.4. The van der Waals surface area contributed by atoms with Crippen LogP contribution in [0.1, 0.15) is 18.4 Å². The van der Waals surface area contributed by atoms with Crippen LogP contribution in [-0.2, 0) is 20.9 Å². The number of carboxylic acid groups (broad SMARTS) is 1. The Balaban J connectivity index is 0.000000339. The summed E-state index contributed by atoms with van der Waals surface area (Å²) in [6, 6.07) is 1.95. The molecule has 12 heteroatoms. The van der Waals surface area contributed by atoms with E-state index in [0.717, 1.165) is 18.4 Å². The summed E-state index contributed by atoms with van der Waals surface area (Å²) in [6.45, 7) is 1.99. The van der Waals surface area contributed by atoms with E-state index >= 15 is 8.78 Å². The van der Waals surface area contributed by atoms with Gasteiger partial charge in [0.2, 0.25) is 5.67 Å². The van der Waals surface area contributed by atoms with Gasteiger partial charge in [0.1, 0.15) is 0 Å². The maximum absolute atomic E-state index is 15.3. The largest absolute Gasteiger partial charge is 0.490 e. The maximum atomic E-state index is 15.3. The number of alkyl halides is 5. The summed E-state index contributed by atoms with van der Waals surface area (Å²) >= 11 is 1.56. The van der Waals surface area contributed by atoms with Crippen molar-refractivity contribution in [3.05, 3.63) is 22.4 Å². The first kappa shape index (κ1) is 23.9. The van der Waals surface area contributed by atoms with Crippen molar-refractivity contribution < 1.29 is 41.4 Å². The molecule has 0 spiro atoms. The smallest absolute Gasteiger partial charge is 0.475 e. The normalized spacial score (nSPS) is 29.6. The Hall–Kier alpha value is -1.79. The molecule has 0 aliphatic carbocycles. The summed E-state index contributed by atoms with van der Waals surface area (Å²) in [6.07, 6.45) is -3.38. The number of ether oxygens (including phenoxy) is 1. The van der Waals surface area contributed by atoms with Gasteiger partial charge < -0.3 is 14.7 Å². The van der Waals surface area contributed by atoms with Crippen molar-refractivity contribution in [3.8, 4) is 0 Å². The fourth-order valence-electron chi connectivity index (χ4n) is 4.19. The van der Waals surface area contributed by atoms with E-state index in [-0.39, 0.29) is 25.6 Å². The van der Waals surface area contributed by atoms with Crippen LogP contribution in [-0.4, -0.2) is 83.7 Å². The molecule has 3 fully saturated rings. The number of nitrogens with zero attached hydrogens (tertiary/aromatic N) is 2. The average molecular weight is 470 g/mol. The van der Waals surface area contributed by atoms with Crippen LogP contribution < -0.4 is 0 Å². The second-order valence-electron chi connectivity index (χ2n) is 8.09.